The van der Waals surface area contributed by atoms with Gasteiger partial charge < -0.3 is 0 Å². The van der Waals surface area contributed by atoms with Gasteiger partial charge in [-0.2, -0.15) is 0 Å². The van der Waals surface area contributed by atoms with Gasteiger partial charge >= 0.3 is 0 Å². The van der Waals surface area contributed by atoms with Gasteiger partial charge in [-0.1, -0.05) is 17.3 Å². The van der Waals surface area contributed by atoms with E-state index < -0.39 is 0 Å². The molecule has 13 heavy (non-hydrogen) atoms. The number of rotatable bonds is 8. The maximum atomic E-state index is 8.00. The fraction of sp³-hybridized carbons (Fsp3) is 0.778. The molecule has 74 valence electrons. The number of unbranched alkanes of at least 4 members (excludes halogenated alkanes) is 3. The SMILES string of the molecule is [N-]=[N+]=NCCCC/C=C\CCCCl. The summed E-state index contributed by atoms with van der Waals surface area (Å²) in [5.74, 6) is 0.737. The lowest BCUT2D eigenvalue weighted by Crippen LogP contribution is -1.78. The third-order valence-corrected chi connectivity index (χ3v) is 1.88. The van der Waals surface area contributed by atoms with Crippen LogP contribution in [0.5, 0.6) is 0 Å². The zero-order chi connectivity index (χ0) is 9.78. The van der Waals surface area contributed by atoms with E-state index in [1.165, 1.54) is 0 Å². The van der Waals surface area contributed by atoms with Crippen LogP contribution >= 0.6 is 11.6 Å². The molecule has 0 aromatic heterocycles. The van der Waals surface area contributed by atoms with Crippen LogP contribution in [0.2, 0.25) is 0 Å². The molecule has 0 atom stereocenters. The van der Waals surface area contributed by atoms with Gasteiger partial charge in [0.1, 0.15) is 0 Å². The highest BCUT2D eigenvalue weighted by Crippen LogP contribution is 1.99. The molecule has 4 heteroatoms. The second-order valence-electron chi connectivity index (χ2n) is 2.75. The Hall–Kier alpha value is -0.660. The van der Waals surface area contributed by atoms with Crippen LogP contribution < -0.4 is 0 Å². The van der Waals surface area contributed by atoms with Crippen molar-refractivity contribution in [2.45, 2.75) is 32.1 Å². The van der Waals surface area contributed by atoms with Crippen LogP contribution in [0.3, 0.4) is 0 Å². The second kappa shape index (κ2) is 11.3. The predicted molar refractivity (Wildman–Crippen MR) is 57.0 cm³/mol. The van der Waals surface area contributed by atoms with Crippen LogP contribution in [0.4, 0.5) is 0 Å². The average Bonchev–Trinajstić information content (AvgIpc) is 2.16. The lowest BCUT2D eigenvalue weighted by molar-refractivity contribution is 0.753. The molecule has 0 amide bonds. The fourth-order valence-corrected chi connectivity index (χ4v) is 1.07. The van der Waals surface area contributed by atoms with Gasteiger partial charge in [0.05, 0.1) is 0 Å². The number of hydrogen-bond donors (Lipinski definition) is 0. The van der Waals surface area contributed by atoms with Gasteiger partial charge in [-0.25, -0.2) is 0 Å². The summed E-state index contributed by atoms with van der Waals surface area (Å²) in [4.78, 5) is 2.69. The van der Waals surface area contributed by atoms with Gasteiger partial charge in [0, 0.05) is 17.3 Å². The molecule has 0 aliphatic heterocycles. The number of alkyl halides is 1. The molecule has 0 aromatic carbocycles. The first-order valence-electron chi connectivity index (χ1n) is 4.63. The predicted octanol–water partition coefficient (Wildman–Crippen LogP) is 4.04. The van der Waals surface area contributed by atoms with E-state index in [2.05, 4.69) is 22.2 Å². The first-order chi connectivity index (χ1) is 6.41. The van der Waals surface area contributed by atoms with Crippen LogP contribution in [0.15, 0.2) is 17.3 Å². The van der Waals surface area contributed by atoms with Gasteiger partial charge in [-0.05, 0) is 37.6 Å². The van der Waals surface area contributed by atoms with Crippen molar-refractivity contribution in [2.24, 2.45) is 5.11 Å². The van der Waals surface area contributed by atoms with Gasteiger partial charge in [0.2, 0.25) is 0 Å². The summed E-state index contributed by atoms with van der Waals surface area (Å²) < 4.78 is 0. The van der Waals surface area contributed by atoms with Crippen molar-refractivity contribution in [3.8, 4) is 0 Å². The first kappa shape index (κ1) is 12.3. The standard InChI is InChI=1S/C9H16ClN3/c10-8-6-4-2-1-3-5-7-9-12-13-11/h1-2H,3-9H2/b2-1-. The average molecular weight is 202 g/mol. The quantitative estimate of drug-likeness (QED) is 0.142. The Morgan fingerprint density at radius 2 is 1.85 bits per heavy atom. The van der Waals surface area contributed by atoms with E-state index in [9.17, 15) is 0 Å². The van der Waals surface area contributed by atoms with Crippen LogP contribution in [0, 0.1) is 0 Å². The molecule has 0 aliphatic rings. The second-order valence-corrected chi connectivity index (χ2v) is 3.13. The Bertz CT molecular complexity index is 174. The number of azide groups is 1. The highest BCUT2D eigenvalue weighted by molar-refractivity contribution is 6.17. The highest BCUT2D eigenvalue weighted by Gasteiger charge is 1.83. The molecule has 0 unspecified atom stereocenters. The molecular weight excluding hydrogens is 186 g/mol. The van der Waals surface area contributed by atoms with Gasteiger partial charge in [0.25, 0.3) is 0 Å². The summed E-state index contributed by atoms with van der Waals surface area (Å²) in [5, 5.41) is 3.46. The van der Waals surface area contributed by atoms with Gasteiger partial charge in [-0.3, -0.25) is 0 Å². The molecule has 0 bridgehead atoms. The minimum Gasteiger partial charge on any atom is -0.127 e. The summed E-state index contributed by atoms with van der Waals surface area (Å²) in [7, 11) is 0. The topological polar surface area (TPSA) is 48.8 Å². The summed E-state index contributed by atoms with van der Waals surface area (Å²) in [5.41, 5.74) is 8.00. The van der Waals surface area contributed by atoms with Crippen LogP contribution in [0.25, 0.3) is 10.4 Å². The van der Waals surface area contributed by atoms with Crippen molar-refractivity contribution in [3.63, 3.8) is 0 Å². The molecule has 0 aromatic rings. The Balaban J connectivity index is 3.06. The van der Waals surface area contributed by atoms with Gasteiger partial charge in [0.15, 0.2) is 0 Å². The zero-order valence-electron chi connectivity index (χ0n) is 7.82. The smallest absolute Gasteiger partial charge is 0.0258 e. The molecule has 0 spiro atoms. The van der Waals surface area contributed by atoms with Crippen LogP contribution in [0.1, 0.15) is 32.1 Å². The van der Waals surface area contributed by atoms with Crippen molar-refractivity contribution in [2.75, 3.05) is 12.4 Å². The lowest BCUT2D eigenvalue weighted by Gasteiger charge is -1.91. The molecule has 0 saturated carbocycles. The van der Waals surface area contributed by atoms with E-state index >= 15 is 0 Å². The Labute approximate surface area is 84.4 Å². The minimum absolute atomic E-state index is 0.617. The van der Waals surface area contributed by atoms with E-state index in [-0.39, 0.29) is 0 Å². The van der Waals surface area contributed by atoms with E-state index in [0.717, 1.165) is 38.0 Å². The third kappa shape index (κ3) is 11.3. The van der Waals surface area contributed by atoms with Crippen molar-refractivity contribution < 1.29 is 0 Å². The van der Waals surface area contributed by atoms with E-state index in [1.807, 2.05) is 0 Å². The zero-order valence-corrected chi connectivity index (χ0v) is 8.58. The summed E-state index contributed by atoms with van der Waals surface area (Å²) in [6, 6.07) is 0. The number of hydrogen-bond acceptors (Lipinski definition) is 1. The Morgan fingerprint density at radius 1 is 1.15 bits per heavy atom. The number of allylic oxidation sites excluding steroid dienone is 2. The molecule has 0 heterocycles. The van der Waals surface area contributed by atoms with Crippen LogP contribution in [-0.2, 0) is 0 Å². The minimum atomic E-state index is 0.617. The Kier molecular flexibility index (Phi) is 10.8. The Morgan fingerprint density at radius 3 is 2.46 bits per heavy atom. The van der Waals surface area contributed by atoms with E-state index in [1.54, 1.807) is 0 Å². The molecule has 0 saturated heterocycles. The van der Waals surface area contributed by atoms with Gasteiger partial charge in [-0.15, -0.1) is 11.6 Å². The maximum absolute atomic E-state index is 8.00. The fourth-order valence-electron chi connectivity index (χ4n) is 0.920. The molecule has 0 aliphatic carbocycles. The third-order valence-electron chi connectivity index (χ3n) is 1.61. The number of halogens is 1. The summed E-state index contributed by atoms with van der Waals surface area (Å²) in [6.07, 6.45) is 9.60. The number of nitrogens with zero attached hydrogens (tertiary/aromatic N) is 3. The monoisotopic (exact) mass is 201 g/mol. The molecule has 0 radical (unpaired) electrons. The van der Waals surface area contributed by atoms with Crippen molar-refractivity contribution in [1.82, 2.24) is 0 Å². The largest absolute Gasteiger partial charge is 0.127 e. The molecular formula is C9H16ClN3. The van der Waals surface area contributed by atoms with Crippen molar-refractivity contribution in [1.29, 1.82) is 0 Å². The van der Waals surface area contributed by atoms with Crippen molar-refractivity contribution >= 4 is 11.6 Å². The van der Waals surface area contributed by atoms with E-state index in [4.69, 9.17) is 17.1 Å². The first-order valence-corrected chi connectivity index (χ1v) is 5.17. The molecule has 3 nitrogen and oxygen atoms in total. The van der Waals surface area contributed by atoms with Crippen LogP contribution in [-0.4, -0.2) is 12.4 Å². The molecule has 0 N–H and O–H groups in total. The maximum Gasteiger partial charge on any atom is 0.0258 e. The molecule has 0 rings (SSSR count). The summed E-state index contributed by atoms with van der Waals surface area (Å²) >= 11 is 5.52. The normalized spacial score (nSPS) is 10.2. The highest BCUT2D eigenvalue weighted by atomic mass is 35.5. The van der Waals surface area contributed by atoms with Crippen molar-refractivity contribution in [3.05, 3.63) is 22.6 Å². The van der Waals surface area contributed by atoms with E-state index in [0.29, 0.717) is 6.54 Å². The molecule has 0 fully saturated rings. The summed E-state index contributed by atoms with van der Waals surface area (Å²) in [6.45, 7) is 0.617. The lowest BCUT2D eigenvalue weighted by atomic mass is 10.2.